The molecular formula is C34H44ClN5O9. The molecule has 0 unspecified atom stereocenters. The van der Waals surface area contributed by atoms with Crippen LogP contribution in [0.15, 0.2) is 29.4 Å². The summed E-state index contributed by atoms with van der Waals surface area (Å²) >= 11 is 5.99. The second-order valence-corrected chi connectivity index (χ2v) is 14.7. The Bertz CT molecular complexity index is 1500. The first-order valence-electron chi connectivity index (χ1n) is 16.8. The van der Waals surface area contributed by atoms with Crippen LogP contribution in [0.2, 0.25) is 5.02 Å². The number of Topliss-reactive ketones (excluding diaryl/α,β-unsaturated/α-hetero) is 2. The van der Waals surface area contributed by atoms with Crippen LogP contribution in [0.3, 0.4) is 0 Å². The lowest BCUT2D eigenvalue weighted by molar-refractivity contribution is -0.144. The van der Waals surface area contributed by atoms with E-state index in [1.807, 2.05) is 6.92 Å². The molecule has 0 bridgehead atoms. The van der Waals surface area contributed by atoms with Gasteiger partial charge in [0.2, 0.25) is 23.4 Å². The minimum atomic E-state index is -1.24. The number of nitrogens with one attached hydrogen (secondary N) is 3. The number of nitrogens with zero attached hydrogens (tertiary/aromatic N) is 2. The van der Waals surface area contributed by atoms with Crippen molar-refractivity contribution in [3.63, 3.8) is 0 Å². The van der Waals surface area contributed by atoms with Crippen LogP contribution < -0.4 is 16.0 Å². The quantitative estimate of drug-likeness (QED) is 0.218. The van der Waals surface area contributed by atoms with Gasteiger partial charge in [-0.15, -0.1) is 0 Å². The molecule has 1 aromatic rings. The molecule has 1 saturated carbocycles. The topological polar surface area (TPSA) is 182 Å². The summed E-state index contributed by atoms with van der Waals surface area (Å²) in [4.78, 5) is 87.7. The number of carbonyl (C=O) groups excluding carboxylic acids is 6. The van der Waals surface area contributed by atoms with E-state index in [4.69, 9.17) is 25.9 Å². The normalized spacial score (nSPS) is 24.4. The first-order valence-corrected chi connectivity index (χ1v) is 17.1. The van der Waals surface area contributed by atoms with Crippen LogP contribution in [0.5, 0.6) is 0 Å². The molecule has 5 rings (SSSR count). The Labute approximate surface area is 289 Å². The van der Waals surface area contributed by atoms with Gasteiger partial charge in [0.25, 0.3) is 5.91 Å². The van der Waals surface area contributed by atoms with Gasteiger partial charge in [0.05, 0.1) is 25.8 Å². The van der Waals surface area contributed by atoms with E-state index in [1.165, 1.54) is 4.90 Å². The number of benzene rings is 1. The lowest BCUT2D eigenvalue weighted by Crippen LogP contribution is -2.59. The maximum Gasteiger partial charge on any atom is 0.408 e. The molecule has 4 aliphatic rings. The van der Waals surface area contributed by atoms with Gasteiger partial charge in [-0.1, -0.05) is 50.9 Å². The molecule has 3 fully saturated rings. The maximum absolute atomic E-state index is 14.4. The fourth-order valence-corrected chi connectivity index (χ4v) is 6.34. The van der Waals surface area contributed by atoms with Gasteiger partial charge < -0.3 is 35.2 Å². The van der Waals surface area contributed by atoms with E-state index < -0.39 is 64.8 Å². The predicted molar refractivity (Wildman–Crippen MR) is 177 cm³/mol. The molecule has 2 saturated heterocycles. The van der Waals surface area contributed by atoms with Crippen LogP contribution in [0, 0.1) is 5.41 Å². The van der Waals surface area contributed by atoms with Gasteiger partial charge in [-0.25, -0.2) is 4.79 Å². The van der Waals surface area contributed by atoms with Crippen molar-refractivity contribution in [3.8, 4) is 0 Å². The van der Waals surface area contributed by atoms with Gasteiger partial charge in [0.15, 0.2) is 5.60 Å². The molecule has 3 aliphatic heterocycles. The minimum absolute atomic E-state index is 0.000464. The Morgan fingerprint density at radius 2 is 1.80 bits per heavy atom. The zero-order chi connectivity index (χ0) is 35.5. The van der Waals surface area contributed by atoms with Gasteiger partial charge in [-0.3, -0.25) is 24.0 Å². The number of ketones is 2. The zero-order valence-electron chi connectivity index (χ0n) is 28.2. The molecule has 1 aromatic carbocycles. The molecular weight excluding hydrogens is 658 g/mol. The third-order valence-electron chi connectivity index (χ3n) is 9.08. The van der Waals surface area contributed by atoms with Crippen molar-refractivity contribution in [1.29, 1.82) is 0 Å². The molecule has 49 heavy (non-hydrogen) atoms. The lowest BCUT2D eigenvalue weighted by Gasteiger charge is -2.35. The number of alkyl carbamates (subject to hydrolysis) is 1. The average molecular weight is 702 g/mol. The van der Waals surface area contributed by atoms with E-state index in [1.54, 1.807) is 45.0 Å². The van der Waals surface area contributed by atoms with Gasteiger partial charge in [0, 0.05) is 35.9 Å². The number of oxime groups is 1. The first kappa shape index (κ1) is 36.2. The lowest BCUT2D eigenvalue weighted by atomic mass is 9.85. The Balaban J connectivity index is 1.38. The van der Waals surface area contributed by atoms with Gasteiger partial charge in [-0.05, 0) is 48.9 Å². The Morgan fingerprint density at radius 1 is 1.08 bits per heavy atom. The standard InChI is InChI=1S/C34H44ClN5O9/c1-5-6-23(27(42)30(44)36-21-11-12-21)37-29(43)25-16-34(15-24(39-49-34)26(41)19-7-9-20(35)10-8-19)18-40(25)31(45)28(33(2,3)4)38-32(46)48-22-13-14-47-17-22/h7-10,21-23,25,28H,5-6,11-18H2,1-4H3,(H,36,44)(H,37,43)(H,38,46)/t22-,23-,25-,28+,34+/m0/s1. The predicted octanol–water partition coefficient (Wildman–Crippen LogP) is 2.70. The number of rotatable bonds is 12. The molecule has 14 nitrogen and oxygen atoms in total. The number of amides is 4. The SMILES string of the molecule is CCC[C@H](NC(=O)[C@@H]1C[C@]2(CC(C(=O)c3ccc(Cl)cc3)=NO2)CN1C(=O)[C@@H](NC(=O)O[C@H]1CCOC1)C(C)(C)C)C(=O)C(=O)NC1CC1. The summed E-state index contributed by atoms with van der Waals surface area (Å²) in [5.74, 6) is -3.18. The van der Waals surface area contributed by atoms with Crippen molar-refractivity contribution in [2.75, 3.05) is 19.8 Å². The van der Waals surface area contributed by atoms with Crippen molar-refractivity contribution >= 4 is 52.7 Å². The Kier molecular flexibility index (Phi) is 11.0. The fourth-order valence-electron chi connectivity index (χ4n) is 6.21. The van der Waals surface area contributed by atoms with Crippen molar-refractivity contribution in [1.82, 2.24) is 20.9 Å². The highest BCUT2D eigenvalue weighted by atomic mass is 35.5. The molecule has 3 N–H and O–H groups in total. The van der Waals surface area contributed by atoms with E-state index in [0.29, 0.717) is 30.0 Å². The number of hydrogen-bond donors (Lipinski definition) is 3. The van der Waals surface area contributed by atoms with Crippen LogP contribution in [0.25, 0.3) is 0 Å². The highest BCUT2D eigenvalue weighted by Gasteiger charge is 2.56. The third kappa shape index (κ3) is 8.77. The summed E-state index contributed by atoms with van der Waals surface area (Å²) < 4.78 is 10.8. The van der Waals surface area contributed by atoms with Crippen LogP contribution >= 0.6 is 11.6 Å². The summed E-state index contributed by atoms with van der Waals surface area (Å²) in [6.07, 6.45) is 1.51. The Hall–Kier alpha value is -4.04. The number of hydrogen-bond acceptors (Lipinski definition) is 10. The van der Waals surface area contributed by atoms with Crippen LogP contribution in [0.4, 0.5) is 4.79 Å². The molecule has 0 radical (unpaired) electrons. The molecule has 3 heterocycles. The summed E-state index contributed by atoms with van der Waals surface area (Å²) in [5, 5.41) is 12.6. The maximum atomic E-state index is 14.4. The molecule has 266 valence electrons. The molecule has 1 aliphatic carbocycles. The number of ether oxygens (including phenoxy) is 2. The molecule has 4 amide bonds. The summed E-state index contributed by atoms with van der Waals surface area (Å²) in [7, 11) is 0. The minimum Gasteiger partial charge on any atom is -0.444 e. The van der Waals surface area contributed by atoms with E-state index in [-0.39, 0.29) is 50.0 Å². The van der Waals surface area contributed by atoms with E-state index in [2.05, 4.69) is 21.1 Å². The summed E-state index contributed by atoms with van der Waals surface area (Å²) in [6, 6.07) is 2.82. The summed E-state index contributed by atoms with van der Waals surface area (Å²) in [5.41, 5.74) is -1.62. The van der Waals surface area contributed by atoms with Crippen molar-refractivity contribution in [3.05, 3.63) is 34.9 Å². The largest absolute Gasteiger partial charge is 0.444 e. The highest BCUT2D eigenvalue weighted by Crippen LogP contribution is 2.39. The van der Waals surface area contributed by atoms with Gasteiger partial charge >= 0.3 is 6.09 Å². The zero-order valence-corrected chi connectivity index (χ0v) is 29.0. The van der Waals surface area contributed by atoms with Crippen molar-refractivity contribution < 1.29 is 43.1 Å². The van der Waals surface area contributed by atoms with Gasteiger partial charge in [0.1, 0.15) is 23.9 Å². The van der Waals surface area contributed by atoms with Gasteiger partial charge in [-0.2, -0.15) is 0 Å². The molecule has 15 heteroatoms. The van der Waals surface area contributed by atoms with E-state index in [0.717, 1.165) is 12.8 Å². The summed E-state index contributed by atoms with van der Waals surface area (Å²) in [6.45, 7) is 7.69. The van der Waals surface area contributed by atoms with Crippen molar-refractivity contribution in [2.45, 2.75) is 109 Å². The second-order valence-electron chi connectivity index (χ2n) is 14.3. The smallest absolute Gasteiger partial charge is 0.408 e. The number of carbonyl (C=O) groups is 6. The highest BCUT2D eigenvalue weighted by molar-refractivity contribution is 6.46. The molecule has 0 aromatic heterocycles. The first-order chi connectivity index (χ1) is 23.2. The van der Waals surface area contributed by atoms with Crippen LogP contribution in [-0.2, 0) is 33.5 Å². The molecule has 5 atom stereocenters. The second kappa shape index (κ2) is 14.8. The van der Waals surface area contributed by atoms with E-state index >= 15 is 0 Å². The molecule has 1 spiro atoms. The third-order valence-corrected chi connectivity index (χ3v) is 9.33. The van der Waals surface area contributed by atoms with E-state index in [9.17, 15) is 28.8 Å². The van der Waals surface area contributed by atoms with Crippen molar-refractivity contribution in [2.24, 2.45) is 10.6 Å². The average Bonchev–Trinajstić information content (AvgIpc) is 3.39. The monoisotopic (exact) mass is 701 g/mol. The van der Waals surface area contributed by atoms with Crippen LogP contribution in [-0.4, -0.2) is 102 Å². The number of likely N-dealkylation sites (tertiary alicyclic amines) is 1. The Morgan fingerprint density at radius 3 is 2.41 bits per heavy atom. The van der Waals surface area contributed by atoms with Crippen LogP contribution in [0.1, 0.15) is 83.0 Å². The fraction of sp³-hybridized carbons (Fsp3) is 0.618. The number of halogens is 1.